The van der Waals surface area contributed by atoms with Crippen LogP contribution in [0.3, 0.4) is 0 Å². The van der Waals surface area contributed by atoms with E-state index in [1.165, 1.54) is 16.7 Å². The van der Waals surface area contributed by atoms with Crippen molar-refractivity contribution in [1.82, 2.24) is 0 Å². The minimum atomic E-state index is 0.340. The minimum Gasteiger partial charge on any atom is -0.0830 e. The summed E-state index contributed by atoms with van der Waals surface area (Å²) in [4.78, 5) is 0. The Labute approximate surface area is 172 Å². The molecule has 0 spiro atoms. The smallest absolute Gasteiger partial charge is 0.0175 e. The quantitative estimate of drug-likeness (QED) is 0.343. The second-order valence-corrected chi connectivity index (χ2v) is 7.95. The number of benzene rings is 3. The van der Waals surface area contributed by atoms with Gasteiger partial charge in [-0.05, 0) is 47.4 Å². The van der Waals surface area contributed by atoms with Gasteiger partial charge >= 0.3 is 0 Å². The second-order valence-electron chi connectivity index (χ2n) is 6.12. The highest BCUT2D eigenvalue weighted by molar-refractivity contribution is 9.10. The molecule has 0 amide bonds. The second kappa shape index (κ2) is 9.70. The van der Waals surface area contributed by atoms with Gasteiger partial charge in [-0.3, -0.25) is 0 Å². The summed E-state index contributed by atoms with van der Waals surface area (Å²) in [5.41, 5.74) is 3.76. The van der Waals surface area contributed by atoms with Gasteiger partial charge in [0.05, 0.1) is 0 Å². The maximum absolute atomic E-state index is 3.52. The molecule has 0 aliphatic heterocycles. The van der Waals surface area contributed by atoms with Gasteiger partial charge in [-0.1, -0.05) is 111 Å². The van der Waals surface area contributed by atoms with Crippen LogP contribution in [0.1, 0.15) is 29.0 Å². The Kier molecular flexibility index (Phi) is 7.04. The molecule has 0 aliphatic rings. The van der Waals surface area contributed by atoms with E-state index in [0.29, 0.717) is 5.92 Å². The van der Waals surface area contributed by atoms with Crippen molar-refractivity contribution in [3.05, 3.63) is 117 Å². The van der Waals surface area contributed by atoms with Crippen LogP contribution in [0.5, 0.6) is 0 Å². The summed E-state index contributed by atoms with van der Waals surface area (Å²) in [5, 5.41) is 0. The third-order valence-corrected chi connectivity index (χ3v) is 5.25. The molecule has 0 N–H and O–H groups in total. The molecule has 26 heavy (non-hydrogen) atoms. The number of hydrogen-bond acceptors (Lipinski definition) is 0. The molecule has 0 aliphatic carbocycles. The van der Waals surface area contributed by atoms with Gasteiger partial charge < -0.3 is 0 Å². The Hall–Kier alpha value is -1.90. The fraction of sp³-hybridized carbons (Fsp3) is 0.0833. The highest BCUT2D eigenvalue weighted by atomic mass is 79.9. The van der Waals surface area contributed by atoms with Crippen molar-refractivity contribution in [2.75, 3.05) is 0 Å². The van der Waals surface area contributed by atoms with Gasteiger partial charge in [0.2, 0.25) is 0 Å². The summed E-state index contributed by atoms with van der Waals surface area (Å²) in [6, 6.07) is 27.4. The van der Waals surface area contributed by atoms with E-state index in [1.54, 1.807) is 0 Å². The van der Waals surface area contributed by atoms with Crippen LogP contribution < -0.4 is 0 Å². The summed E-state index contributed by atoms with van der Waals surface area (Å²) in [7, 11) is 0. The highest BCUT2D eigenvalue weighted by Crippen LogP contribution is 2.25. The molecule has 2 heteroatoms. The van der Waals surface area contributed by atoms with Crippen molar-refractivity contribution < 1.29 is 0 Å². The molecular formula is C24H20Br2. The van der Waals surface area contributed by atoms with E-state index in [1.807, 2.05) is 6.07 Å². The zero-order valence-electron chi connectivity index (χ0n) is 14.4. The molecular weight excluding hydrogens is 448 g/mol. The first-order chi connectivity index (χ1) is 12.7. The van der Waals surface area contributed by atoms with Crippen LogP contribution in [0.25, 0.3) is 12.2 Å². The van der Waals surface area contributed by atoms with Crippen LogP contribution in [0.2, 0.25) is 0 Å². The van der Waals surface area contributed by atoms with E-state index >= 15 is 0 Å². The van der Waals surface area contributed by atoms with E-state index < -0.39 is 0 Å². The average Bonchev–Trinajstić information content (AvgIpc) is 2.67. The van der Waals surface area contributed by atoms with Crippen LogP contribution in [0.4, 0.5) is 0 Å². The third-order valence-electron chi connectivity index (χ3n) is 4.19. The summed E-state index contributed by atoms with van der Waals surface area (Å²) < 4.78 is 2.21. The number of hydrogen-bond donors (Lipinski definition) is 0. The van der Waals surface area contributed by atoms with E-state index in [0.717, 1.165) is 15.4 Å². The summed E-state index contributed by atoms with van der Waals surface area (Å²) in [5.74, 6) is 0.340. The van der Waals surface area contributed by atoms with Gasteiger partial charge in [-0.2, -0.15) is 0 Å². The zero-order valence-corrected chi connectivity index (χ0v) is 17.5. The summed E-state index contributed by atoms with van der Waals surface area (Å²) >= 11 is 7.01. The first kappa shape index (κ1) is 18.9. The van der Waals surface area contributed by atoms with Gasteiger partial charge in [-0.15, -0.1) is 0 Å². The van der Waals surface area contributed by atoms with Crippen molar-refractivity contribution in [2.24, 2.45) is 0 Å². The normalized spacial score (nSPS) is 12.7. The van der Waals surface area contributed by atoms with Crippen molar-refractivity contribution in [1.29, 1.82) is 0 Å². The van der Waals surface area contributed by atoms with Gasteiger partial charge in [0.1, 0.15) is 0 Å². The minimum absolute atomic E-state index is 0.340. The van der Waals surface area contributed by atoms with Crippen molar-refractivity contribution >= 4 is 44.0 Å². The lowest BCUT2D eigenvalue weighted by molar-refractivity contribution is 0.869. The topological polar surface area (TPSA) is 0 Å². The van der Waals surface area contributed by atoms with E-state index in [4.69, 9.17) is 0 Å². The molecule has 0 aromatic heterocycles. The number of rotatable bonds is 6. The van der Waals surface area contributed by atoms with E-state index in [-0.39, 0.29) is 0 Å². The summed E-state index contributed by atoms with van der Waals surface area (Å²) in [6.07, 6.45) is 9.91. The lowest BCUT2D eigenvalue weighted by Gasteiger charge is -2.11. The Morgan fingerprint density at radius 2 is 1.23 bits per heavy atom. The molecule has 1 unspecified atom stereocenters. The standard InChI is InChI=1S/C24H20Br2/c25-23-15-10-20(11-16-23)9-12-21(22-13-17-24(26)18-14-22)8-4-7-19-5-2-1-3-6-19/h1-7,9-18,21H,8H2/b7-4+,12-9+. The van der Waals surface area contributed by atoms with Crippen molar-refractivity contribution in [2.45, 2.75) is 12.3 Å². The Bertz CT molecular complexity index is 860. The molecule has 0 bridgehead atoms. The largest absolute Gasteiger partial charge is 0.0830 e. The average molecular weight is 468 g/mol. The van der Waals surface area contributed by atoms with Gasteiger partial charge in [0.25, 0.3) is 0 Å². The molecule has 0 fully saturated rings. The van der Waals surface area contributed by atoms with Crippen LogP contribution in [0.15, 0.2) is 100.0 Å². The monoisotopic (exact) mass is 466 g/mol. The SMILES string of the molecule is Brc1ccc(/C=C/C(C/C=C/c2ccccc2)c2ccc(Br)cc2)cc1. The Morgan fingerprint density at radius 3 is 1.88 bits per heavy atom. The zero-order chi connectivity index (χ0) is 18.2. The molecule has 3 rings (SSSR count). The summed E-state index contributed by atoms with van der Waals surface area (Å²) in [6.45, 7) is 0. The number of allylic oxidation sites excluding steroid dienone is 2. The first-order valence-electron chi connectivity index (χ1n) is 8.61. The predicted octanol–water partition coefficient (Wildman–Crippen LogP) is 8.11. The fourth-order valence-corrected chi connectivity index (χ4v) is 3.28. The lowest BCUT2D eigenvalue weighted by Crippen LogP contribution is -1.93. The first-order valence-corrected chi connectivity index (χ1v) is 10.2. The molecule has 0 radical (unpaired) electrons. The fourth-order valence-electron chi connectivity index (χ4n) is 2.75. The number of halogens is 2. The van der Waals surface area contributed by atoms with E-state index in [9.17, 15) is 0 Å². The van der Waals surface area contributed by atoms with E-state index in [2.05, 4.69) is 129 Å². The molecule has 0 saturated carbocycles. The maximum atomic E-state index is 3.52. The molecule has 130 valence electrons. The molecule has 0 heterocycles. The van der Waals surface area contributed by atoms with Crippen molar-refractivity contribution in [3.63, 3.8) is 0 Å². The third kappa shape index (κ3) is 5.82. The maximum Gasteiger partial charge on any atom is 0.0175 e. The van der Waals surface area contributed by atoms with Crippen LogP contribution in [0, 0.1) is 0 Å². The van der Waals surface area contributed by atoms with Crippen LogP contribution in [-0.4, -0.2) is 0 Å². The highest BCUT2D eigenvalue weighted by Gasteiger charge is 2.06. The molecule has 3 aromatic carbocycles. The molecule has 0 nitrogen and oxygen atoms in total. The Balaban J connectivity index is 1.78. The van der Waals surface area contributed by atoms with Crippen LogP contribution >= 0.6 is 31.9 Å². The molecule has 3 aromatic rings. The Morgan fingerprint density at radius 1 is 0.654 bits per heavy atom. The van der Waals surface area contributed by atoms with Gasteiger partial charge in [-0.25, -0.2) is 0 Å². The van der Waals surface area contributed by atoms with Gasteiger partial charge in [0, 0.05) is 14.9 Å². The predicted molar refractivity (Wildman–Crippen MR) is 120 cm³/mol. The lowest BCUT2D eigenvalue weighted by atomic mass is 9.94. The van der Waals surface area contributed by atoms with Crippen molar-refractivity contribution in [3.8, 4) is 0 Å². The molecule has 1 atom stereocenters. The molecule has 0 saturated heterocycles. The van der Waals surface area contributed by atoms with Gasteiger partial charge in [0.15, 0.2) is 0 Å². The van der Waals surface area contributed by atoms with Crippen LogP contribution in [-0.2, 0) is 0 Å².